The summed E-state index contributed by atoms with van der Waals surface area (Å²) in [6, 6.07) is 5.25. The molecule has 0 aliphatic carbocycles. The highest BCUT2D eigenvalue weighted by Crippen LogP contribution is 2.41. The molecule has 2 aromatic rings. The Morgan fingerprint density at radius 1 is 1.16 bits per heavy atom. The number of benzene rings is 1. The Balaban J connectivity index is 1.41. The summed E-state index contributed by atoms with van der Waals surface area (Å²) in [6.45, 7) is 3.76. The number of piperidine rings is 3. The van der Waals surface area contributed by atoms with Crippen molar-refractivity contribution in [2.75, 3.05) is 26.2 Å². The number of hydrogen-bond acceptors (Lipinski definition) is 5. The maximum atomic E-state index is 5.98. The molecule has 4 heterocycles. The van der Waals surface area contributed by atoms with Crippen LogP contribution in [-0.2, 0) is 0 Å². The second-order valence-corrected chi connectivity index (χ2v) is 7.85. The first-order valence-electron chi connectivity index (χ1n) is 8.31. The van der Waals surface area contributed by atoms with Gasteiger partial charge in [0.05, 0.1) is 11.7 Å². The molecule has 1 unspecified atom stereocenters. The predicted molar refractivity (Wildman–Crippen MR) is 101 cm³/mol. The van der Waals surface area contributed by atoms with Crippen molar-refractivity contribution in [3.8, 4) is 17.7 Å². The van der Waals surface area contributed by atoms with E-state index in [1.165, 1.54) is 37.7 Å². The number of nitrogens with zero attached hydrogens (tertiary/aromatic N) is 3. The average molecular weight is 394 g/mol. The Morgan fingerprint density at radius 2 is 1.92 bits per heavy atom. The molecule has 3 aliphatic heterocycles. The largest absolute Gasteiger partial charge is 0.463 e. The standard InChI is InChI=1S/C18H17Cl2N3OS/c19-14-8-12(9-15(20)10-14)2-1-7-24-18-17(21-25-22-18)16-11-23-5-3-13(16)4-6-23/h8-10,13,16H,3-7,11H2. The van der Waals surface area contributed by atoms with Gasteiger partial charge in [-0.3, -0.25) is 0 Å². The zero-order chi connectivity index (χ0) is 17.2. The summed E-state index contributed by atoms with van der Waals surface area (Å²) < 4.78 is 14.6. The van der Waals surface area contributed by atoms with Gasteiger partial charge >= 0.3 is 0 Å². The van der Waals surface area contributed by atoms with Crippen LogP contribution in [0.15, 0.2) is 18.2 Å². The molecule has 3 aliphatic rings. The molecule has 1 aromatic carbocycles. The maximum absolute atomic E-state index is 5.98. The fourth-order valence-corrected chi connectivity index (χ4v) is 4.75. The van der Waals surface area contributed by atoms with E-state index in [0.717, 1.165) is 17.8 Å². The molecular weight excluding hydrogens is 377 g/mol. The zero-order valence-electron chi connectivity index (χ0n) is 13.5. The van der Waals surface area contributed by atoms with E-state index >= 15 is 0 Å². The van der Waals surface area contributed by atoms with Crippen molar-refractivity contribution in [3.63, 3.8) is 0 Å². The van der Waals surface area contributed by atoms with Crippen LogP contribution in [0, 0.1) is 17.8 Å². The molecule has 1 atom stereocenters. The molecule has 0 spiro atoms. The minimum Gasteiger partial charge on any atom is -0.463 e. The number of aromatic nitrogens is 2. The summed E-state index contributed by atoms with van der Waals surface area (Å²) in [6.07, 6.45) is 2.49. The summed E-state index contributed by atoms with van der Waals surface area (Å²) in [7, 11) is 0. The Hall–Kier alpha value is -1.32. The lowest BCUT2D eigenvalue weighted by atomic mass is 9.77. The van der Waals surface area contributed by atoms with Crippen LogP contribution in [-0.4, -0.2) is 39.9 Å². The van der Waals surface area contributed by atoms with E-state index in [1.807, 2.05) is 0 Å². The van der Waals surface area contributed by atoms with Gasteiger partial charge < -0.3 is 9.64 Å². The van der Waals surface area contributed by atoms with Crippen LogP contribution in [0.5, 0.6) is 5.88 Å². The van der Waals surface area contributed by atoms with Gasteiger partial charge in [-0.25, -0.2) is 0 Å². The summed E-state index contributed by atoms with van der Waals surface area (Å²) >= 11 is 13.2. The van der Waals surface area contributed by atoms with Gasteiger partial charge in [-0.05, 0) is 50.0 Å². The predicted octanol–water partition coefficient (Wildman–Crippen LogP) is 4.08. The van der Waals surface area contributed by atoms with Crippen molar-refractivity contribution in [1.29, 1.82) is 0 Å². The minimum atomic E-state index is 0.268. The van der Waals surface area contributed by atoms with Crippen LogP contribution >= 0.6 is 34.9 Å². The number of rotatable bonds is 3. The number of hydrogen-bond donors (Lipinski definition) is 0. The number of halogens is 2. The Bertz CT molecular complexity index is 801. The van der Waals surface area contributed by atoms with Crippen molar-refractivity contribution >= 4 is 34.9 Å². The van der Waals surface area contributed by atoms with Crippen molar-refractivity contribution in [1.82, 2.24) is 13.6 Å². The van der Waals surface area contributed by atoms with Crippen LogP contribution in [0.3, 0.4) is 0 Å². The lowest BCUT2D eigenvalue weighted by molar-refractivity contribution is 0.0843. The minimum absolute atomic E-state index is 0.268. The molecule has 7 heteroatoms. The van der Waals surface area contributed by atoms with Gasteiger partial charge in [0.2, 0.25) is 5.88 Å². The normalized spacial score (nSPS) is 24.6. The molecule has 0 N–H and O–H groups in total. The third-order valence-electron chi connectivity index (χ3n) is 4.87. The Labute approximate surface area is 161 Å². The van der Waals surface area contributed by atoms with E-state index in [0.29, 0.717) is 27.8 Å². The van der Waals surface area contributed by atoms with Gasteiger partial charge in [-0.15, -0.1) is 4.37 Å². The first-order chi connectivity index (χ1) is 12.2. The molecule has 4 nitrogen and oxygen atoms in total. The van der Waals surface area contributed by atoms with Crippen LogP contribution in [0.25, 0.3) is 0 Å². The SMILES string of the molecule is Clc1cc(Cl)cc(C#CCOc2nsnc2C2CN3CCC2CC3)c1. The Morgan fingerprint density at radius 3 is 2.60 bits per heavy atom. The van der Waals surface area contributed by atoms with E-state index in [9.17, 15) is 0 Å². The third kappa shape index (κ3) is 3.93. The second kappa shape index (κ2) is 7.51. The maximum Gasteiger partial charge on any atom is 0.250 e. The molecule has 0 amide bonds. The lowest BCUT2D eigenvalue weighted by Crippen LogP contribution is -2.46. The summed E-state index contributed by atoms with van der Waals surface area (Å²) in [5, 5.41) is 1.15. The van der Waals surface area contributed by atoms with E-state index in [4.69, 9.17) is 27.9 Å². The van der Waals surface area contributed by atoms with Crippen LogP contribution < -0.4 is 4.74 Å². The average Bonchev–Trinajstić information content (AvgIpc) is 3.07. The van der Waals surface area contributed by atoms with Gasteiger partial charge in [0.25, 0.3) is 0 Å². The molecular formula is C18H17Cl2N3OS. The van der Waals surface area contributed by atoms with Gasteiger partial charge in [0, 0.05) is 28.1 Å². The molecule has 0 radical (unpaired) electrons. The quantitative estimate of drug-likeness (QED) is 0.736. The van der Waals surface area contributed by atoms with E-state index < -0.39 is 0 Å². The van der Waals surface area contributed by atoms with Gasteiger partial charge in [-0.2, -0.15) is 4.37 Å². The van der Waals surface area contributed by atoms with Crippen molar-refractivity contribution in [2.45, 2.75) is 18.8 Å². The zero-order valence-corrected chi connectivity index (χ0v) is 15.9. The molecule has 2 bridgehead atoms. The highest BCUT2D eigenvalue weighted by Gasteiger charge is 2.38. The number of fused-ring (bicyclic) bond motifs is 3. The van der Waals surface area contributed by atoms with Crippen molar-refractivity contribution in [2.24, 2.45) is 5.92 Å². The van der Waals surface area contributed by atoms with Crippen LogP contribution in [0.4, 0.5) is 0 Å². The molecule has 3 saturated heterocycles. The first kappa shape index (κ1) is 17.1. The fourth-order valence-electron chi connectivity index (χ4n) is 3.66. The topological polar surface area (TPSA) is 38.3 Å². The second-order valence-electron chi connectivity index (χ2n) is 6.45. The Kier molecular flexibility index (Phi) is 5.14. The molecule has 0 saturated carbocycles. The molecule has 1 aromatic heterocycles. The molecule has 130 valence electrons. The summed E-state index contributed by atoms with van der Waals surface area (Å²) in [5.41, 5.74) is 1.78. The monoisotopic (exact) mass is 393 g/mol. The van der Waals surface area contributed by atoms with Gasteiger partial charge in [0.15, 0.2) is 6.61 Å². The van der Waals surface area contributed by atoms with Crippen molar-refractivity contribution < 1.29 is 4.74 Å². The smallest absolute Gasteiger partial charge is 0.250 e. The van der Waals surface area contributed by atoms with E-state index in [2.05, 4.69) is 25.5 Å². The number of ether oxygens (including phenoxy) is 1. The van der Waals surface area contributed by atoms with Gasteiger partial charge in [0.1, 0.15) is 5.69 Å². The molecule has 25 heavy (non-hydrogen) atoms. The summed E-state index contributed by atoms with van der Waals surface area (Å²) in [5.74, 6) is 7.80. The fraction of sp³-hybridized carbons (Fsp3) is 0.444. The van der Waals surface area contributed by atoms with Crippen LogP contribution in [0.1, 0.15) is 30.0 Å². The van der Waals surface area contributed by atoms with E-state index in [-0.39, 0.29) is 6.61 Å². The molecule has 3 fully saturated rings. The molecule has 5 rings (SSSR count). The van der Waals surface area contributed by atoms with Crippen molar-refractivity contribution in [3.05, 3.63) is 39.5 Å². The lowest BCUT2D eigenvalue weighted by Gasteiger charge is -2.44. The van der Waals surface area contributed by atoms with Gasteiger partial charge in [-0.1, -0.05) is 35.0 Å². The highest BCUT2D eigenvalue weighted by atomic mass is 35.5. The van der Waals surface area contributed by atoms with Crippen LogP contribution in [0.2, 0.25) is 10.0 Å². The first-order valence-corrected chi connectivity index (χ1v) is 9.80. The third-order valence-corrected chi connectivity index (χ3v) is 5.83. The highest BCUT2D eigenvalue weighted by molar-refractivity contribution is 6.99. The van der Waals surface area contributed by atoms with E-state index in [1.54, 1.807) is 18.2 Å². The summed E-state index contributed by atoms with van der Waals surface area (Å²) in [4.78, 5) is 2.51.